The van der Waals surface area contributed by atoms with Crippen LogP contribution in [0, 0.1) is 5.92 Å². The molecule has 2 rings (SSSR count). The molecule has 0 unspecified atom stereocenters. The average molecular weight is 274 g/mol. The summed E-state index contributed by atoms with van der Waals surface area (Å²) in [6.45, 7) is 3.59. The van der Waals surface area contributed by atoms with E-state index in [1.54, 1.807) is 4.90 Å². The first-order chi connectivity index (χ1) is 8.53. The summed E-state index contributed by atoms with van der Waals surface area (Å²) in [5.74, 6) is 0.458. The summed E-state index contributed by atoms with van der Waals surface area (Å²) >= 11 is 0. The molecule has 0 N–H and O–H groups in total. The van der Waals surface area contributed by atoms with Crippen LogP contribution < -0.4 is 0 Å². The molecule has 5 nitrogen and oxygen atoms in total. The van der Waals surface area contributed by atoms with Gasteiger partial charge in [-0.15, -0.1) is 0 Å². The summed E-state index contributed by atoms with van der Waals surface area (Å²) < 4.78 is 25.8. The molecule has 6 heteroatoms. The van der Waals surface area contributed by atoms with E-state index < -0.39 is 10.0 Å². The van der Waals surface area contributed by atoms with E-state index in [0.29, 0.717) is 25.6 Å². The maximum absolute atomic E-state index is 12.2. The van der Waals surface area contributed by atoms with Gasteiger partial charge in [-0.2, -0.15) is 4.31 Å². The number of hydrogen-bond donors (Lipinski definition) is 0. The van der Waals surface area contributed by atoms with Crippen molar-refractivity contribution < 1.29 is 13.2 Å². The van der Waals surface area contributed by atoms with Crippen LogP contribution in [0.1, 0.15) is 32.6 Å². The molecule has 0 atom stereocenters. The highest BCUT2D eigenvalue weighted by Crippen LogP contribution is 2.27. The quantitative estimate of drug-likeness (QED) is 0.757. The van der Waals surface area contributed by atoms with Gasteiger partial charge in [-0.25, -0.2) is 8.42 Å². The fraction of sp³-hybridized carbons (Fsp3) is 0.917. The first-order valence-electron chi connectivity index (χ1n) is 6.78. The van der Waals surface area contributed by atoms with E-state index in [0.717, 1.165) is 25.7 Å². The van der Waals surface area contributed by atoms with Gasteiger partial charge in [0.1, 0.15) is 0 Å². The van der Waals surface area contributed by atoms with Crippen LogP contribution in [0.4, 0.5) is 0 Å². The van der Waals surface area contributed by atoms with Crippen molar-refractivity contribution in [1.82, 2.24) is 9.21 Å². The zero-order valence-corrected chi connectivity index (χ0v) is 11.8. The predicted molar refractivity (Wildman–Crippen MR) is 69.6 cm³/mol. The van der Waals surface area contributed by atoms with Crippen molar-refractivity contribution in [1.29, 1.82) is 0 Å². The molecule has 1 amide bonds. The van der Waals surface area contributed by atoms with E-state index in [4.69, 9.17) is 0 Å². The van der Waals surface area contributed by atoms with Crippen LogP contribution in [0.5, 0.6) is 0 Å². The van der Waals surface area contributed by atoms with Crippen molar-refractivity contribution in [2.24, 2.45) is 5.92 Å². The fourth-order valence-electron chi connectivity index (χ4n) is 2.84. The molecule has 0 radical (unpaired) electrons. The van der Waals surface area contributed by atoms with Crippen LogP contribution in [0.25, 0.3) is 0 Å². The van der Waals surface area contributed by atoms with Gasteiger partial charge in [0, 0.05) is 19.6 Å². The first-order valence-corrected chi connectivity index (χ1v) is 8.39. The van der Waals surface area contributed by atoms with Gasteiger partial charge in [-0.3, -0.25) is 4.79 Å². The Hall–Kier alpha value is -0.620. The average Bonchev–Trinajstić information content (AvgIpc) is 2.81. The molecular formula is C12H22N2O3S. The molecule has 1 heterocycles. The molecule has 1 aliphatic heterocycles. The topological polar surface area (TPSA) is 57.7 Å². The summed E-state index contributed by atoms with van der Waals surface area (Å²) in [4.78, 5) is 13.4. The Kier molecular flexibility index (Phi) is 4.27. The van der Waals surface area contributed by atoms with Crippen LogP contribution >= 0.6 is 0 Å². The lowest BCUT2D eigenvalue weighted by Crippen LogP contribution is -2.52. The number of piperazine rings is 1. The minimum Gasteiger partial charge on any atom is -0.341 e. The zero-order valence-electron chi connectivity index (χ0n) is 11.0. The van der Waals surface area contributed by atoms with E-state index in [1.165, 1.54) is 4.31 Å². The van der Waals surface area contributed by atoms with Crippen LogP contribution in [-0.2, 0) is 14.8 Å². The highest BCUT2D eigenvalue weighted by atomic mass is 32.2. The Morgan fingerprint density at radius 2 is 1.89 bits per heavy atom. The van der Waals surface area contributed by atoms with Crippen molar-refractivity contribution >= 4 is 15.9 Å². The molecule has 1 aliphatic carbocycles. The Bertz CT molecular complexity index is 402. The van der Waals surface area contributed by atoms with Gasteiger partial charge in [0.25, 0.3) is 0 Å². The molecule has 2 aliphatic rings. The van der Waals surface area contributed by atoms with Crippen molar-refractivity contribution in [3.63, 3.8) is 0 Å². The van der Waals surface area contributed by atoms with Gasteiger partial charge in [-0.05, 0) is 25.7 Å². The maximum Gasteiger partial charge on any atom is 0.237 e. The van der Waals surface area contributed by atoms with Gasteiger partial charge in [-0.1, -0.05) is 12.8 Å². The number of nitrogens with zero attached hydrogens (tertiary/aromatic N) is 2. The minimum absolute atomic E-state index is 0.0306. The standard InChI is InChI=1S/C12H22N2O3S/c1-2-13-7-8-14(9-12(13)15)18(16,17)10-11-5-3-4-6-11/h11H,2-10H2,1H3. The Morgan fingerprint density at radius 3 is 2.44 bits per heavy atom. The number of rotatable bonds is 4. The molecule has 0 aromatic carbocycles. The van der Waals surface area contributed by atoms with Crippen molar-refractivity contribution in [2.75, 3.05) is 31.9 Å². The van der Waals surface area contributed by atoms with Gasteiger partial charge >= 0.3 is 0 Å². The zero-order chi connectivity index (χ0) is 13.2. The van der Waals surface area contributed by atoms with Crippen LogP contribution in [-0.4, -0.2) is 55.5 Å². The summed E-state index contributed by atoms with van der Waals surface area (Å²) in [6, 6.07) is 0. The smallest absolute Gasteiger partial charge is 0.237 e. The highest BCUT2D eigenvalue weighted by Gasteiger charge is 2.33. The molecule has 1 saturated carbocycles. The molecule has 18 heavy (non-hydrogen) atoms. The molecular weight excluding hydrogens is 252 g/mol. The SMILES string of the molecule is CCN1CCN(S(=O)(=O)CC2CCCC2)CC1=O. The number of hydrogen-bond acceptors (Lipinski definition) is 3. The minimum atomic E-state index is -3.25. The van der Waals surface area contributed by atoms with E-state index in [9.17, 15) is 13.2 Å². The summed E-state index contributed by atoms with van der Waals surface area (Å²) in [6.07, 6.45) is 4.32. The van der Waals surface area contributed by atoms with Crippen LogP contribution in [0.15, 0.2) is 0 Å². The highest BCUT2D eigenvalue weighted by molar-refractivity contribution is 7.89. The van der Waals surface area contributed by atoms with E-state index in [1.807, 2.05) is 6.92 Å². The monoisotopic (exact) mass is 274 g/mol. The summed E-state index contributed by atoms with van der Waals surface area (Å²) in [7, 11) is -3.25. The van der Waals surface area contributed by atoms with Gasteiger partial charge in [0.15, 0.2) is 0 Å². The summed E-state index contributed by atoms with van der Waals surface area (Å²) in [5, 5.41) is 0. The summed E-state index contributed by atoms with van der Waals surface area (Å²) in [5.41, 5.74) is 0. The predicted octanol–water partition coefficient (Wildman–Crippen LogP) is 0.670. The Balaban J connectivity index is 1.96. The van der Waals surface area contributed by atoms with Crippen molar-refractivity contribution in [2.45, 2.75) is 32.6 Å². The molecule has 2 fully saturated rings. The lowest BCUT2D eigenvalue weighted by atomic mass is 10.1. The van der Waals surface area contributed by atoms with Crippen LogP contribution in [0.2, 0.25) is 0 Å². The molecule has 0 aromatic rings. The second kappa shape index (κ2) is 5.57. The number of amides is 1. The van der Waals surface area contributed by atoms with Crippen molar-refractivity contribution in [3.05, 3.63) is 0 Å². The van der Waals surface area contributed by atoms with Gasteiger partial charge < -0.3 is 4.90 Å². The number of carbonyl (C=O) groups excluding carboxylic acids is 1. The second-order valence-corrected chi connectivity index (χ2v) is 7.25. The fourth-order valence-corrected chi connectivity index (χ4v) is 4.65. The normalized spacial score (nSPS) is 23.8. The van der Waals surface area contributed by atoms with E-state index in [2.05, 4.69) is 0 Å². The third-order valence-corrected chi connectivity index (χ3v) is 5.97. The first kappa shape index (κ1) is 13.8. The lowest BCUT2D eigenvalue weighted by molar-refractivity contribution is -0.133. The molecule has 104 valence electrons. The number of carbonyl (C=O) groups is 1. The molecule has 1 saturated heterocycles. The van der Waals surface area contributed by atoms with E-state index in [-0.39, 0.29) is 18.2 Å². The Labute approximate surface area is 109 Å². The third-order valence-electron chi connectivity index (χ3n) is 3.98. The maximum atomic E-state index is 12.2. The largest absolute Gasteiger partial charge is 0.341 e. The third kappa shape index (κ3) is 3.03. The van der Waals surface area contributed by atoms with Crippen molar-refractivity contribution in [3.8, 4) is 0 Å². The number of sulfonamides is 1. The molecule has 0 aromatic heterocycles. The van der Waals surface area contributed by atoms with Crippen LogP contribution in [0.3, 0.4) is 0 Å². The Morgan fingerprint density at radius 1 is 1.22 bits per heavy atom. The van der Waals surface area contributed by atoms with E-state index >= 15 is 0 Å². The number of likely N-dealkylation sites (N-methyl/N-ethyl adjacent to an activating group) is 1. The lowest BCUT2D eigenvalue weighted by Gasteiger charge is -2.33. The van der Waals surface area contributed by atoms with Gasteiger partial charge in [0.05, 0.1) is 12.3 Å². The molecule has 0 spiro atoms. The van der Waals surface area contributed by atoms with Gasteiger partial charge in [0.2, 0.25) is 15.9 Å². The molecule has 0 bridgehead atoms. The second-order valence-electron chi connectivity index (χ2n) is 5.24.